The van der Waals surface area contributed by atoms with E-state index in [0.29, 0.717) is 23.9 Å². The topological polar surface area (TPSA) is 109 Å². The lowest BCUT2D eigenvalue weighted by molar-refractivity contribution is -0.873. The molecule has 0 aromatic heterocycles. The molecule has 1 aliphatic rings. The van der Waals surface area contributed by atoms with Crippen LogP contribution in [0.25, 0.3) is 0 Å². The number of aliphatic hydroxyl groups is 4. The molecule has 1 fully saturated rings. The third kappa shape index (κ3) is 7.89. The van der Waals surface area contributed by atoms with Gasteiger partial charge in [-0.25, -0.2) is 0 Å². The van der Waals surface area contributed by atoms with E-state index in [1.54, 1.807) is 6.92 Å². The summed E-state index contributed by atoms with van der Waals surface area (Å²) in [6.07, 6.45) is -3.23. The van der Waals surface area contributed by atoms with Crippen LogP contribution >= 0.6 is 0 Å². The molecule has 7 atom stereocenters. The Hall–Kier alpha value is -0.320. The number of ether oxygens (including phenoxy) is 3. The second kappa shape index (κ2) is 12.2. The van der Waals surface area contributed by atoms with Gasteiger partial charge in [0.25, 0.3) is 0 Å². The van der Waals surface area contributed by atoms with E-state index in [0.717, 1.165) is 12.8 Å². The van der Waals surface area contributed by atoms with Gasteiger partial charge in [0.15, 0.2) is 6.29 Å². The fraction of sp³-hybridized carbons (Fsp3) is 1.00. The van der Waals surface area contributed by atoms with Crippen molar-refractivity contribution in [3.05, 3.63) is 0 Å². The summed E-state index contributed by atoms with van der Waals surface area (Å²) in [6, 6.07) is 0. The maximum Gasteiger partial charge on any atom is 0.186 e. The van der Waals surface area contributed by atoms with Crippen LogP contribution in [0, 0.1) is 5.92 Å². The van der Waals surface area contributed by atoms with E-state index in [1.165, 1.54) is 0 Å². The molecule has 0 bridgehead atoms. The second-order valence-electron chi connectivity index (χ2n) is 10.0. The Kier molecular flexibility index (Phi) is 11.3. The smallest absolute Gasteiger partial charge is 0.186 e. The fourth-order valence-corrected chi connectivity index (χ4v) is 4.46. The molecule has 1 aliphatic heterocycles. The third-order valence-corrected chi connectivity index (χ3v) is 6.50. The van der Waals surface area contributed by atoms with Crippen LogP contribution in [0.15, 0.2) is 0 Å². The minimum Gasteiger partial charge on any atom is -0.390 e. The predicted octanol–water partition coefficient (Wildman–Crippen LogP) is 1.28. The van der Waals surface area contributed by atoms with E-state index < -0.39 is 48.3 Å². The minimum absolute atomic E-state index is 0.108. The highest BCUT2D eigenvalue weighted by Crippen LogP contribution is 2.40. The van der Waals surface area contributed by atoms with Crippen LogP contribution < -0.4 is 0 Å². The van der Waals surface area contributed by atoms with Gasteiger partial charge in [-0.3, -0.25) is 0 Å². The first-order valence-electron chi connectivity index (χ1n) is 11.8. The fourth-order valence-electron chi connectivity index (χ4n) is 4.46. The number of quaternary nitrogens is 1. The molecule has 8 heteroatoms. The molecule has 0 radical (unpaired) electrons. The van der Waals surface area contributed by atoms with Crippen molar-refractivity contribution < 1.29 is 39.1 Å². The van der Waals surface area contributed by atoms with Gasteiger partial charge < -0.3 is 39.1 Å². The van der Waals surface area contributed by atoms with Gasteiger partial charge in [-0.2, -0.15) is 0 Å². The van der Waals surface area contributed by atoms with E-state index in [2.05, 4.69) is 0 Å². The summed E-state index contributed by atoms with van der Waals surface area (Å²) in [5.41, 5.74) is -1.23. The molecular weight excluding hydrogens is 402 g/mol. The van der Waals surface area contributed by atoms with E-state index in [-0.39, 0.29) is 12.7 Å². The summed E-state index contributed by atoms with van der Waals surface area (Å²) >= 11 is 0. The SMILES string of the molecule is CCC(CC)OC1OC(C(C)OCC(O)C[N+](C)(C)C)C(C(O)(CC)CC)C(O)C1O. The zero-order chi connectivity index (χ0) is 24.0. The van der Waals surface area contributed by atoms with Gasteiger partial charge in [-0.05, 0) is 32.6 Å². The molecule has 0 aromatic carbocycles. The Morgan fingerprint density at radius 2 is 1.55 bits per heavy atom. The molecule has 186 valence electrons. The lowest BCUT2D eigenvalue weighted by Crippen LogP contribution is -2.65. The average Bonchev–Trinajstić information content (AvgIpc) is 2.71. The first-order valence-corrected chi connectivity index (χ1v) is 11.8. The summed E-state index contributed by atoms with van der Waals surface area (Å²) < 4.78 is 18.7. The van der Waals surface area contributed by atoms with Crippen molar-refractivity contribution in [2.24, 2.45) is 5.92 Å². The van der Waals surface area contributed by atoms with Crippen LogP contribution in [0.2, 0.25) is 0 Å². The molecular formula is C23H48NO7+. The van der Waals surface area contributed by atoms with Crippen molar-refractivity contribution in [3.8, 4) is 0 Å². The molecule has 0 aromatic rings. The highest BCUT2D eigenvalue weighted by Gasteiger charge is 2.54. The van der Waals surface area contributed by atoms with E-state index in [9.17, 15) is 20.4 Å². The first kappa shape index (κ1) is 28.7. The summed E-state index contributed by atoms with van der Waals surface area (Å²) in [5, 5.41) is 43.4. The summed E-state index contributed by atoms with van der Waals surface area (Å²) in [6.45, 7) is 10.1. The lowest BCUT2D eigenvalue weighted by Gasteiger charge is -2.50. The number of nitrogens with zero attached hydrogens (tertiary/aromatic N) is 1. The van der Waals surface area contributed by atoms with Crippen molar-refractivity contribution >= 4 is 0 Å². The van der Waals surface area contributed by atoms with Crippen LogP contribution in [0.4, 0.5) is 0 Å². The molecule has 31 heavy (non-hydrogen) atoms. The molecule has 4 N–H and O–H groups in total. The lowest BCUT2D eigenvalue weighted by atomic mass is 9.72. The molecule has 0 spiro atoms. The highest BCUT2D eigenvalue weighted by atomic mass is 16.7. The van der Waals surface area contributed by atoms with Gasteiger partial charge in [-0.15, -0.1) is 0 Å². The molecule has 0 aliphatic carbocycles. The minimum atomic E-state index is -1.28. The summed E-state index contributed by atoms with van der Waals surface area (Å²) in [4.78, 5) is 0. The molecule has 7 unspecified atom stereocenters. The number of likely N-dealkylation sites (N-methyl/N-ethyl adjacent to an activating group) is 1. The highest BCUT2D eigenvalue weighted by molar-refractivity contribution is 5.01. The maximum atomic E-state index is 11.3. The largest absolute Gasteiger partial charge is 0.390 e. The standard InChI is InChI=1S/C23H48NO7/c1-9-17(10-2)30-22-20(27)19(26)18(23(28,11-3)12-4)21(31-22)15(5)29-14-16(25)13-24(6,7)8/h15-22,25-28H,9-14H2,1-8H3/q+1. The summed E-state index contributed by atoms with van der Waals surface area (Å²) in [7, 11) is 5.98. The van der Waals surface area contributed by atoms with Gasteiger partial charge in [0, 0.05) is 5.92 Å². The Labute approximate surface area is 188 Å². The van der Waals surface area contributed by atoms with Gasteiger partial charge in [0.2, 0.25) is 0 Å². The number of hydrogen-bond acceptors (Lipinski definition) is 7. The number of hydrogen-bond donors (Lipinski definition) is 4. The number of aliphatic hydroxyl groups excluding tert-OH is 3. The maximum absolute atomic E-state index is 11.3. The van der Waals surface area contributed by atoms with Crippen molar-refractivity contribution in [1.29, 1.82) is 0 Å². The Bertz CT molecular complexity index is 505. The monoisotopic (exact) mass is 450 g/mol. The second-order valence-corrected chi connectivity index (χ2v) is 10.0. The van der Waals surface area contributed by atoms with E-state index in [4.69, 9.17) is 14.2 Å². The van der Waals surface area contributed by atoms with Crippen LogP contribution in [-0.2, 0) is 14.2 Å². The third-order valence-electron chi connectivity index (χ3n) is 6.50. The van der Waals surface area contributed by atoms with Crippen LogP contribution in [0.1, 0.15) is 60.3 Å². The summed E-state index contributed by atoms with van der Waals surface area (Å²) in [5.74, 6) is -0.760. The Morgan fingerprint density at radius 1 is 1.00 bits per heavy atom. The zero-order valence-corrected chi connectivity index (χ0v) is 20.8. The van der Waals surface area contributed by atoms with Gasteiger partial charge in [0.05, 0.1) is 57.8 Å². The average molecular weight is 451 g/mol. The van der Waals surface area contributed by atoms with Gasteiger partial charge in [-0.1, -0.05) is 27.7 Å². The van der Waals surface area contributed by atoms with Gasteiger partial charge >= 0.3 is 0 Å². The first-order chi connectivity index (χ1) is 14.3. The van der Waals surface area contributed by atoms with Crippen molar-refractivity contribution in [2.45, 2.75) is 109 Å². The van der Waals surface area contributed by atoms with Crippen LogP contribution in [0.3, 0.4) is 0 Å². The Balaban J connectivity index is 3.08. The van der Waals surface area contributed by atoms with Crippen molar-refractivity contribution in [3.63, 3.8) is 0 Å². The van der Waals surface area contributed by atoms with Crippen LogP contribution in [-0.4, -0.2) is 108 Å². The molecule has 1 saturated heterocycles. The normalized spacial score (nSPS) is 29.9. The molecule has 0 amide bonds. The van der Waals surface area contributed by atoms with E-state index >= 15 is 0 Å². The van der Waals surface area contributed by atoms with E-state index in [1.807, 2.05) is 48.8 Å². The molecule has 1 rings (SSSR count). The molecule has 1 heterocycles. The molecule has 8 nitrogen and oxygen atoms in total. The Morgan fingerprint density at radius 3 is 2.00 bits per heavy atom. The van der Waals surface area contributed by atoms with Gasteiger partial charge in [0.1, 0.15) is 18.8 Å². The quantitative estimate of drug-likeness (QED) is 0.313. The predicted molar refractivity (Wildman–Crippen MR) is 119 cm³/mol. The molecule has 0 saturated carbocycles. The van der Waals surface area contributed by atoms with Crippen molar-refractivity contribution in [1.82, 2.24) is 0 Å². The van der Waals surface area contributed by atoms with Crippen molar-refractivity contribution in [2.75, 3.05) is 34.3 Å². The van der Waals surface area contributed by atoms with Crippen LogP contribution in [0.5, 0.6) is 0 Å². The zero-order valence-electron chi connectivity index (χ0n) is 20.8. The number of rotatable bonds is 13.